The monoisotopic (exact) mass is 312 g/mol. The summed E-state index contributed by atoms with van der Waals surface area (Å²) in [5.41, 5.74) is 3.53. The molecule has 1 unspecified atom stereocenters. The molecule has 2 N–H and O–H groups in total. The Balaban J connectivity index is 1.80. The van der Waals surface area contributed by atoms with Crippen molar-refractivity contribution in [2.45, 2.75) is 10.9 Å². The van der Waals surface area contributed by atoms with Crippen LogP contribution in [0.25, 0.3) is 11.4 Å². The van der Waals surface area contributed by atoms with E-state index >= 15 is 0 Å². The van der Waals surface area contributed by atoms with Crippen molar-refractivity contribution in [2.24, 2.45) is 0 Å². The van der Waals surface area contributed by atoms with E-state index in [-0.39, 0.29) is 0 Å². The Bertz CT molecular complexity index is 786. The molecule has 0 bridgehead atoms. The summed E-state index contributed by atoms with van der Waals surface area (Å²) in [4.78, 5) is 11.6. The highest BCUT2D eigenvalue weighted by Crippen LogP contribution is 2.20. The van der Waals surface area contributed by atoms with Crippen molar-refractivity contribution in [2.75, 3.05) is 12.4 Å². The number of anilines is 1. The lowest BCUT2D eigenvalue weighted by molar-refractivity contribution is 0.677. The molecule has 1 aromatic carbocycles. The Morgan fingerprint density at radius 1 is 1.14 bits per heavy atom. The Labute approximate surface area is 131 Å². The molecule has 0 saturated heterocycles. The van der Waals surface area contributed by atoms with E-state index in [0.29, 0.717) is 10.9 Å². The predicted molar refractivity (Wildman–Crippen MR) is 87.9 cm³/mol. The third-order valence-corrected chi connectivity index (χ3v) is 4.49. The maximum Gasteiger partial charge on any atom is 0.197 e. The second-order valence-corrected chi connectivity index (χ2v) is 6.08. The van der Waals surface area contributed by atoms with Gasteiger partial charge in [-0.25, -0.2) is 4.98 Å². The minimum atomic E-state index is -1.23. The molecule has 0 fully saturated rings. The van der Waals surface area contributed by atoms with E-state index in [9.17, 15) is 4.21 Å². The standard InChI is InChI=1S/C16H16N4OS/c1-17-13-7-3-2-6-12(13)11-22(21)16-19-10-15(20-16)14-8-4-5-9-18-14/h2-10,17H,11H2,1H3,(H,19,20). The highest BCUT2D eigenvalue weighted by Gasteiger charge is 2.12. The zero-order valence-electron chi connectivity index (χ0n) is 12.1. The molecule has 0 aliphatic heterocycles. The van der Waals surface area contributed by atoms with E-state index in [4.69, 9.17) is 0 Å². The van der Waals surface area contributed by atoms with Crippen LogP contribution in [0.3, 0.4) is 0 Å². The fraction of sp³-hybridized carbons (Fsp3) is 0.125. The molecule has 2 heterocycles. The SMILES string of the molecule is CNc1ccccc1CS(=O)c1ncc(-c2ccccn2)[nH]1. The molecule has 112 valence electrons. The van der Waals surface area contributed by atoms with Crippen molar-refractivity contribution in [3.05, 3.63) is 60.4 Å². The zero-order chi connectivity index (χ0) is 15.4. The van der Waals surface area contributed by atoms with Gasteiger partial charge in [0.05, 0.1) is 34.1 Å². The van der Waals surface area contributed by atoms with Crippen LogP contribution in [-0.4, -0.2) is 26.2 Å². The normalized spacial score (nSPS) is 12.0. The number of imidazole rings is 1. The van der Waals surface area contributed by atoms with Crippen molar-refractivity contribution >= 4 is 16.5 Å². The molecular formula is C16H16N4OS. The van der Waals surface area contributed by atoms with Gasteiger partial charge in [0, 0.05) is 18.9 Å². The lowest BCUT2D eigenvalue weighted by atomic mass is 10.2. The van der Waals surface area contributed by atoms with Gasteiger partial charge in [0.25, 0.3) is 0 Å². The van der Waals surface area contributed by atoms with E-state index in [1.807, 2.05) is 49.5 Å². The van der Waals surface area contributed by atoms with Crippen molar-refractivity contribution in [1.29, 1.82) is 0 Å². The smallest absolute Gasteiger partial charge is 0.197 e. The van der Waals surface area contributed by atoms with E-state index in [1.165, 1.54) is 0 Å². The van der Waals surface area contributed by atoms with Crippen molar-refractivity contribution < 1.29 is 4.21 Å². The number of nitrogens with one attached hydrogen (secondary N) is 2. The van der Waals surface area contributed by atoms with Gasteiger partial charge < -0.3 is 10.3 Å². The first-order chi connectivity index (χ1) is 10.8. The van der Waals surface area contributed by atoms with Crippen molar-refractivity contribution in [3.63, 3.8) is 0 Å². The van der Waals surface area contributed by atoms with Crippen LogP contribution in [0.5, 0.6) is 0 Å². The molecule has 6 heteroatoms. The molecule has 0 aliphatic rings. The molecule has 3 rings (SSSR count). The zero-order valence-corrected chi connectivity index (χ0v) is 12.9. The second kappa shape index (κ2) is 6.53. The number of H-pyrrole nitrogens is 1. The van der Waals surface area contributed by atoms with E-state index in [2.05, 4.69) is 20.3 Å². The molecule has 3 aromatic rings. The number of nitrogens with zero attached hydrogens (tertiary/aromatic N) is 2. The fourth-order valence-electron chi connectivity index (χ4n) is 2.17. The van der Waals surface area contributed by atoms with Crippen LogP contribution in [0, 0.1) is 0 Å². The number of rotatable bonds is 5. The summed E-state index contributed by atoms with van der Waals surface area (Å²) >= 11 is 0. The Hall–Kier alpha value is -2.47. The van der Waals surface area contributed by atoms with Gasteiger partial charge in [0.15, 0.2) is 5.16 Å². The van der Waals surface area contributed by atoms with Crippen LogP contribution in [0.1, 0.15) is 5.56 Å². The van der Waals surface area contributed by atoms with Crippen LogP contribution >= 0.6 is 0 Å². The first-order valence-electron chi connectivity index (χ1n) is 6.88. The molecule has 2 aromatic heterocycles. The number of para-hydroxylation sites is 1. The molecule has 0 spiro atoms. The minimum absolute atomic E-state index is 0.409. The Morgan fingerprint density at radius 3 is 2.73 bits per heavy atom. The van der Waals surface area contributed by atoms with Crippen LogP contribution in [-0.2, 0) is 16.6 Å². The molecule has 0 amide bonds. The Morgan fingerprint density at radius 2 is 1.95 bits per heavy atom. The number of pyridine rings is 1. The van der Waals surface area contributed by atoms with Gasteiger partial charge in [-0.1, -0.05) is 24.3 Å². The second-order valence-electron chi connectivity index (χ2n) is 4.71. The lowest BCUT2D eigenvalue weighted by Gasteiger charge is -2.07. The van der Waals surface area contributed by atoms with Crippen molar-refractivity contribution in [3.8, 4) is 11.4 Å². The molecule has 0 radical (unpaired) electrons. The first-order valence-corrected chi connectivity index (χ1v) is 8.20. The molecule has 22 heavy (non-hydrogen) atoms. The van der Waals surface area contributed by atoms with E-state index in [0.717, 1.165) is 22.6 Å². The summed E-state index contributed by atoms with van der Waals surface area (Å²) in [6.45, 7) is 0. The van der Waals surface area contributed by atoms with Gasteiger partial charge in [0.1, 0.15) is 0 Å². The number of hydrogen-bond donors (Lipinski definition) is 2. The van der Waals surface area contributed by atoms with Gasteiger partial charge in [0.2, 0.25) is 0 Å². The molecule has 5 nitrogen and oxygen atoms in total. The summed E-state index contributed by atoms with van der Waals surface area (Å²) in [6, 6.07) is 13.5. The predicted octanol–water partition coefficient (Wildman–Crippen LogP) is 2.82. The number of hydrogen-bond acceptors (Lipinski definition) is 4. The average Bonchev–Trinajstić information content (AvgIpc) is 3.06. The number of aromatic nitrogens is 3. The number of benzene rings is 1. The lowest BCUT2D eigenvalue weighted by Crippen LogP contribution is -2.02. The summed E-state index contributed by atoms with van der Waals surface area (Å²) in [7, 11) is 0.621. The van der Waals surface area contributed by atoms with Gasteiger partial charge in [-0.05, 0) is 23.8 Å². The largest absolute Gasteiger partial charge is 0.388 e. The third kappa shape index (κ3) is 3.07. The van der Waals surface area contributed by atoms with Gasteiger partial charge in [-0.2, -0.15) is 0 Å². The topological polar surface area (TPSA) is 70.7 Å². The van der Waals surface area contributed by atoms with Crippen LogP contribution in [0.15, 0.2) is 60.0 Å². The minimum Gasteiger partial charge on any atom is -0.388 e. The Kier molecular flexibility index (Phi) is 4.29. The number of aromatic amines is 1. The quantitative estimate of drug-likeness (QED) is 0.760. The van der Waals surface area contributed by atoms with Crippen LogP contribution in [0.4, 0.5) is 5.69 Å². The molecule has 0 saturated carbocycles. The van der Waals surface area contributed by atoms with E-state index in [1.54, 1.807) is 12.4 Å². The van der Waals surface area contributed by atoms with Gasteiger partial charge in [-0.15, -0.1) is 0 Å². The summed E-state index contributed by atoms with van der Waals surface area (Å²) in [5.74, 6) is 0.409. The maximum atomic E-state index is 12.5. The molecule has 1 atom stereocenters. The summed E-state index contributed by atoms with van der Waals surface area (Å²) < 4.78 is 12.5. The van der Waals surface area contributed by atoms with Crippen LogP contribution < -0.4 is 5.32 Å². The molecule has 0 aliphatic carbocycles. The van der Waals surface area contributed by atoms with Crippen LogP contribution in [0.2, 0.25) is 0 Å². The first kappa shape index (κ1) is 14.5. The third-order valence-electron chi connectivity index (χ3n) is 3.28. The average molecular weight is 312 g/mol. The highest BCUT2D eigenvalue weighted by atomic mass is 32.2. The summed E-state index contributed by atoms with van der Waals surface area (Å²) in [5, 5.41) is 3.57. The summed E-state index contributed by atoms with van der Waals surface area (Å²) in [6.07, 6.45) is 3.38. The van der Waals surface area contributed by atoms with Gasteiger partial charge in [-0.3, -0.25) is 9.19 Å². The highest BCUT2D eigenvalue weighted by molar-refractivity contribution is 7.84. The molecular weight excluding hydrogens is 296 g/mol. The van der Waals surface area contributed by atoms with Crippen molar-refractivity contribution in [1.82, 2.24) is 15.0 Å². The van der Waals surface area contributed by atoms with Gasteiger partial charge >= 0.3 is 0 Å². The maximum absolute atomic E-state index is 12.5. The van der Waals surface area contributed by atoms with E-state index < -0.39 is 10.8 Å². The fourth-order valence-corrected chi connectivity index (χ4v) is 3.24.